The molecular weight excluding hydrogens is 244 g/mol. The fraction of sp³-hybridized carbons (Fsp3) is 0.786. The van der Waals surface area contributed by atoms with Crippen molar-refractivity contribution < 1.29 is 14.4 Å². The van der Waals surface area contributed by atoms with Crippen LogP contribution in [0.4, 0.5) is 0 Å². The van der Waals surface area contributed by atoms with Crippen molar-refractivity contribution in [3.63, 3.8) is 0 Å². The van der Waals surface area contributed by atoms with Gasteiger partial charge in [-0.15, -0.1) is 0 Å². The quantitative estimate of drug-likeness (QED) is 0.688. The van der Waals surface area contributed by atoms with Crippen LogP contribution in [0.3, 0.4) is 0 Å². The number of nitrogens with one attached hydrogen (secondary N) is 1. The molecule has 5 heteroatoms. The van der Waals surface area contributed by atoms with E-state index in [2.05, 4.69) is 5.32 Å². The lowest BCUT2D eigenvalue weighted by molar-refractivity contribution is -0.130. The van der Waals surface area contributed by atoms with E-state index in [-0.39, 0.29) is 29.9 Å². The summed E-state index contributed by atoms with van der Waals surface area (Å²) in [6.45, 7) is 6.57. The molecule has 1 N–H and O–H groups in total. The molecule has 0 aromatic rings. The second-order valence-electron chi connectivity index (χ2n) is 4.79. The number of hydrogen-bond acceptors (Lipinski definition) is 3. The summed E-state index contributed by atoms with van der Waals surface area (Å²) >= 11 is 0. The monoisotopic (exact) mass is 270 g/mol. The van der Waals surface area contributed by atoms with Crippen molar-refractivity contribution in [1.29, 1.82) is 0 Å². The summed E-state index contributed by atoms with van der Waals surface area (Å²) < 4.78 is 0. The number of ketones is 1. The molecule has 110 valence electrons. The molecule has 19 heavy (non-hydrogen) atoms. The van der Waals surface area contributed by atoms with Crippen LogP contribution in [-0.4, -0.2) is 42.6 Å². The Labute approximate surface area is 115 Å². The van der Waals surface area contributed by atoms with Crippen molar-refractivity contribution in [2.75, 3.05) is 20.1 Å². The van der Waals surface area contributed by atoms with Crippen LogP contribution < -0.4 is 5.32 Å². The van der Waals surface area contributed by atoms with E-state index in [1.165, 1.54) is 0 Å². The topological polar surface area (TPSA) is 66.5 Å². The van der Waals surface area contributed by atoms with E-state index in [1.54, 1.807) is 18.9 Å². The molecule has 0 aliphatic carbocycles. The summed E-state index contributed by atoms with van der Waals surface area (Å²) in [6.07, 6.45) is 1.80. The number of Topliss-reactive ketones (excluding diaryl/α,β-unsaturated/α-hetero) is 1. The molecule has 0 radical (unpaired) electrons. The van der Waals surface area contributed by atoms with E-state index in [0.717, 1.165) is 6.42 Å². The smallest absolute Gasteiger partial charge is 0.222 e. The number of amides is 2. The second kappa shape index (κ2) is 9.53. The van der Waals surface area contributed by atoms with Crippen molar-refractivity contribution in [2.45, 2.75) is 46.5 Å². The van der Waals surface area contributed by atoms with Crippen LogP contribution in [-0.2, 0) is 14.4 Å². The minimum atomic E-state index is -0.131. The van der Waals surface area contributed by atoms with Crippen molar-refractivity contribution in [1.82, 2.24) is 10.2 Å². The van der Waals surface area contributed by atoms with Crippen LogP contribution in [0.15, 0.2) is 0 Å². The standard InChI is InChI=1S/C14H26N2O3/c1-5-11(3)12(17)7-8-13(18)15-9-10-16(4)14(19)6-2/h11H,5-10H2,1-4H3,(H,15,18). The minimum Gasteiger partial charge on any atom is -0.354 e. The lowest BCUT2D eigenvalue weighted by Crippen LogP contribution is -2.36. The Morgan fingerprint density at radius 2 is 1.79 bits per heavy atom. The molecule has 0 fully saturated rings. The van der Waals surface area contributed by atoms with Gasteiger partial charge in [0.2, 0.25) is 11.8 Å². The highest BCUT2D eigenvalue weighted by Crippen LogP contribution is 2.06. The normalized spacial score (nSPS) is 11.8. The van der Waals surface area contributed by atoms with Gasteiger partial charge in [0.1, 0.15) is 5.78 Å². The molecule has 0 aromatic carbocycles. The molecule has 0 aromatic heterocycles. The third-order valence-corrected chi connectivity index (χ3v) is 3.26. The Balaban J connectivity index is 3.77. The third kappa shape index (κ3) is 7.59. The molecule has 0 rings (SSSR count). The highest BCUT2D eigenvalue weighted by atomic mass is 16.2. The molecule has 0 heterocycles. The molecule has 1 unspecified atom stereocenters. The first-order valence-corrected chi connectivity index (χ1v) is 6.95. The predicted molar refractivity (Wildman–Crippen MR) is 74.6 cm³/mol. The van der Waals surface area contributed by atoms with Gasteiger partial charge in [-0.25, -0.2) is 0 Å². The Bertz CT molecular complexity index is 316. The number of hydrogen-bond donors (Lipinski definition) is 1. The number of carbonyl (C=O) groups is 3. The van der Waals surface area contributed by atoms with E-state index < -0.39 is 0 Å². The van der Waals surface area contributed by atoms with Gasteiger partial charge in [-0.05, 0) is 6.42 Å². The van der Waals surface area contributed by atoms with E-state index >= 15 is 0 Å². The van der Waals surface area contributed by atoms with Crippen molar-refractivity contribution in [3.8, 4) is 0 Å². The van der Waals surface area contributed by atoms with Gasteiger partial charge in [0.15, 0.2) is 0 Å². The molecule has 0 saturated heterocycles. The summed E-state index contributed by atoms with van der Waals surface area (Å²) in [5.74, 6) is 0.0900. The maximum atomic E-state index is 11.6. The van der Waals surface area contributed by atoms with E-state index in [0.29, 0.717) is 25.9 Å². The van der Waals surface area contributed by atoms with Crippen molar-refractivity contribution in [2.24, 2.45) is 5.92 Å². The lowest BCUT2D eigenvalue weighted by atomic mass is 10.00. The zero-order chi connectivity index (χ0) is 14.8. The molecule has 0 spiro atoms. The highest BCUT2D eigenvalue weighted by Gasteiger charge is 2.12. The van der Waals surface area contributed by atoms with Gasteiger partial charge in [0, 0.05) is 45.3 Å². The fourth-order valence-corrected chi connectivity index (χ4v) is 1.56. The van der Waals surface area contributed by atoms with Gasteiger partial charge in [-0.3, -0.25) is 14.4 Å². The summed E-state index contributed by atoms with van der Waals surface area (Å²) in [5.41, 5.74) is 0. The van der Waals surface area contributed by atoms with Crippen molar-refractivity contribution in [3.05, 3.63) is 0 Å². The molecule has 2 amide bonds. The average molecular weight is 270 g/mol. The maximum absolute atomic E-state index is 11.6. The van der Waals surface area contributed by atoms with Gasteiger partial charge >= 0.3 is 0 Å². The van der Waals surface area contributed by atoms with E-state index in [4.69, 9.17) is 0 Å². The van der Waals surface area contributed by atoms with Crippen LogP contribution in [0.2, 0.25) is 0 Å². The minimum absolute atomic E-state index is 0.0288. The Hall–Kier alpha value is -1.39. The van der Waals surface area contributed by atoms with Crippen LogP contribution in [0.5, 0.6) is 0 Å². The molecule has 5 nitrogen and oxygen atoms in total. The van der Waals surface area contributed by atoms with Gasteiger partial charge in [0.05, 0.1) is 0 Å². The molecular formula is C14H26N2O3. The summed E-state index contributed by atoms with van der Waals surface area (Å²) in [7, 11) is 1.71. The summed E-state index contributed by atoms with van der Waals surface area (Å²) in [6, 6.07) is 0. The van der Waals surface area contributed by atoms with Crippen LogP contribution in [0.25, 0.3) is 0 Å². The molecule has 0 bridgehead atoms. The van der Waals surface area contributed by atoms with Gasteiger partial charge in [-0.1, -0.05) is 20.8 Å². The van der Waals surface area contributed by atoms with Crippen LogP contribution in [0, 0.1) is 5.92 Å². The van der Waals surface area contributed by atoms with Gasteiger partial charge < -0.3 is 10.2 Å². The molecule has 0 aliphatic heterocycles. The molecule has 1 atom stereocenters. The summed E-state index contributed by atoms with van der Waals surface area (Å²) in [4.78, 5) is 35.9. The van der Waals surface area contributed by atoms with E-state index in [1.807, 2.05) is 13.8 Å². The first-order chi connectivity index (χ1) is 8.92. The predicted octanol–water partition coefficient (Wildman–Crippen LogP) is 1.37. The Morgan fingerprint density at radius 1 is 1.16 bits per heavy atom. The average Bonchev–Trinajstić information content (AvgIpc) is 2.42. The Kier molecular flexibility index (Phi) is 8.83. The molecule has 0 saturated carbocycles. The number of nitrogens with zero attached hydrogens (tertiary/aromatic N) is 1. The number of likely N-dealkylation sites (N-methyl/N-ethyl adjacent to an activating group) is 1. The lowest BCUT2D eigenvalue weighted by Gasteiger charge is -2.16. The number of rotatable bonds is 9. The number of carbonyl (C=O) groups excluding carboxylic acids is 3. The second-order valence-corrected chi connectivity index (χ2v) is 4.79. The Morgan fingerprint density at radius 3 is 2.32 bits per heavy atom. The molecule has 0 aliphatic rings. The third-order valence-electron chi connectivity index (χ3n) is 3.26. The first kappa shape index (κ1) is 17.6. The zero-order valence-corrected chi connectivity index (χ0v) is 12.5. The van der Waals surface area contributed by atoms with Crippen LogP contribution in [0.1, 0.15) is 46.5 Å². The highest BCUT2D eigenvalue weighted by molar-refractivity contribution is 5.86. The van der Waals surface area contributed by atoms with Crippen LogP contribution >= 0.6 is 0 Å². The van der Waals surface area contributed by atoms with Crippen molar-refractivity contribution >= 4 is 17.6 Å². The largest absolute Gasteiger partial charge is 0.354 e. The maximum Gasteiger partial charge on any atom is 0.222 e. The van der Waals surface area contributed by atoms with Gasteiger partial charge in [0.25, 0.3) is 0 Å². The van der Waals surface area contributed by atoms with Gasteiger partial charge in [-0.2, -0.15) is 0 Å². The van der Waals surface area contributed by atoms with E-state index in [9.17, 15) is 14.4 Å². The zero-order valence-electron chi connectivity index (χ0n) is 12.5. The first-order valence-electron chi connectivity index (χ1n) is 6.95. The SMILES string of the molecule is CCC(=O)N(C)CCNC(=O)CCC(=O)C(C)CC. The fourth-order valence-electron chi connectivity index (χ4n) is 1.56. The summed E-state index contributed by atoms with van der Waals surface area (Å²) in [5, 5.41) is 2.72.